The van der Waals surface area contributed by atoms with Crippen LogP contribution in [-0.2, 0) is 6.54 Å². The van der Waals surface area contributed by atoms with Crippen molar-refractivity contribution in [1.82, 2.24) is 15.6 Å². The van der Waals surface area contributed by atoms with E-state index in [0.29, 0.717) is 23.2 Å². The van der Waals surface area contributed by atoms with Crippen LogP contribution in [-0.4, -0.2) is 28.6 Å². The Labute approximate surface area is 128 Å². The first kappa shape index (κ1) is 15.8. The third-order valence-electron chi connectivity index (χ3n) is 4.15. The van der Waals surface area contributed by atoms with Crippen LogP contribution in [0.5, 0.6) is 0 Å². The summed E-state index contributed by atoms with van der Waals surface area (Å²) in [6, 6.07) is -0.230. The van der Waals surface area contributed by atoms with E-state index in [1.807, 2.05) is 0 Å². The molecule has 1 heterocycles. The van der Waals surface area contributed by atoms with Crippen LogP contribution in [0.2, 0.25) is 0 Å². The van der Waals surface area contributed by atoms with E-state index in [1.165, 1.54) is 12.8 Å². The van der Waals surface area contributed by atoms with Gasteiger partial charge in [-0.05, 0) is 31.1 Å². The van der Waals surface area contributed by atoms with E-state index >= 15 is 0 Å². The predicted octanol–water partition coefficient (Wildman–Crippen LogP) is 2.39. The van der Waals surface area contributed by atoms with Crippen LogP contribution in [0.1, 0.15) is 47.1 Å². The van der Waals surface area contributed by atoms with Crippen molar-refractivity contribution in [3.63, 3.8) is 0 Å². The third kappa shape index (κ3) is 3.72. The van der Waals surface area contributed by atoms with Crippen molar-refractivity contribution < 1.29 is 14.7 Å². The van der Waals surface area contributed by atoms with Gasteiger partial charge in [0.15, 0.2) is 0 Å². The predicted molar refractivity (Wildman–Crippen MR) is 80.6 cm³/mol. The number of carbonyl (C=O) groups excluding carboxylic acids is 1. The molecule has 6 nitrogen and oxygen atoms in total. The second-order valence-electron chi connectivity index (χ2n) is 5.88. The zero-order chi connectivity index (χ0) is 15.6. The van der Waals surface area contributed by atoms with Crippen molar-refractivity contribution in [3.05, 3.63) is 15.6 Å². The molecule has 1 saturated carbocycles. The lowest BCUT2D eigenvalue weighted by Crippen LogP contribution is -2.39. The molecule has 1 aromatic rings. The van der Waals surface area contributed by atoms with Crippen LogP contribution >= 0.6 is 11.3 Å². The molecule has 0 saturated heterocycles. The molecule has 0 atom stereocenters. The Morgan fingerprint density at radius 3 is 2.52 bits per heavy atom. The van der Waals surface area contributed by atoms with Gasteiger partial charge in [-0.1, -0.05) is 13.8 Å². The number of nitrogens with zero attached hydrogens (tertiary/aromatic N) is 1. The van der Waals surface area contributed by atoms with Crippen LogP contribution in [0.25, 0.3) is 0 Å². The Balaban J connectivity index is 1.79. The maximum atomic E-state index is 11.8. The van der Waals surface area contributed by atoms with Crippen molar-refractivity contribution >= 4 is 23.3 Å². The number of amides is 2. The molecule has 116 valence electrons. The normalized spacial score (nSPS) is 15.8. The molecule has 0 aliphatic heterocycles. The van der Waals surface area contributed by atoms with E-state index in [2.05, 4.69) is 29.5 Å². The fourth-order valence-electron chi connectivity index (χ4n) is 2.32. The number of hydrogen-bond acceptors (Lipinski definition) is 4. The number of aromatic nitrogens is 1. The summed E-state index contributed by atoms with van der Waals surface area (Å²) >= 11 is 1.10. The highest BCUT2D eigenvalue weighted by Crippen LogP contribution is 2.51. The number of aromatic carboxylic acids is 1. The second-order valence-corrected chi connectivity index (χ2v) is 6.96. The Morgan fingerprint density at radius 2 is 2.05 bits per heavy atom. The number of thiazole rings is 1. The summed E-state index contributed by atoms with van der Waals surface area (Å²) in [4.78, 5) is 27.1. The minimum absolute atomic E-state index is 0.226. The molecule has 1 fully saturated rings. The zero-order valence-corrected chi connectivity index (χ0v) is 13.3. The van der Waals surface area contributed by atoms with E-state index in [0.717, 1.165) is 11.3 Å². The van der Waals surface area contributed by atoms with Gasteiger partial charge in [-0.15, -0.1) is 11.3 Å². The van der Waals surface area contributed by atoms with E-state index in [4.69, 9.17) is 5.11 Å². The molecule has 2 amide bonds. The number of hydrogen-bond donors (Lipinski definition) is 3. The van der Waals surface area contributed by atoms with Gasteiger partial charge in [-0.2, -0.15) is 0 Å². The van der Waals surface area contributed by atoms with Gasteiger partial charge in [0, 0.05) is 6.54 Å². The van der Waals surface area contributed by atoms with Gasteiger partial charge in [-0.3, -0.25) is 0 Å². The first-order valence-corrected chi connectivity index (χ1v) is 7.87. The first-order valence-electron chi connectivity index (χ1n) is 7.05. The quantitative estimate of drug-likeness (QED) is 0.752. The lowest BCUT2D eigenvalue weighted by molar-refractivity contribution is 0.0701. The summed E-state index contributed by atoms with van der Waals surface area (Å²) < 4.78 is 0. The topological polar surface area (TPSA) is 91.3 Å². The highest BCUT2D eigenvalue weighted by Gasteiger charge is 2.45. The zero-order valence-electron chi connectivity index (χ0n) is 12.5. The molecule has 1 aromatic heterocycles. The third-order valence-corrected chi connectivity index (χ3v) is 5.30. The molecule has 21 heavy (non-hydrogen) atoms. The lowest BCUT2D eigenvalue weighted by Gasteiger charge is -2.20. The maximum absolute atomic E-state index is 11.8. The Morgan fingerprint density at radius 1 is 1.38 bits per heavy atom. The van der Waals surface area contributed by atoms with Gasteiger partial charge in [0.2, 0.25) is 0 Å². The van der Waals surface area contributed by atoms with Gasteiger partial charge in [0.25, 0.3) is 0 Å². The summed E-state index contributed by atoms with van der Waals surface area (Å²) in [5.74, 6) is -0.411. The SMILES string of the molecule is Cc1nc(CNC(=O)NCC2(C(C)C)CC2)sc1C(=O)O. The van der Waals surface area contributed by atoms with Crippen molar-refractivity contribution in [3.8, 4) is 0 Å². The van der Waals surface area contributed by atoms with E-state index in [-0.39, 0.29) is 22.9 Å². The molecule has 3 N–H and O–H groups in total. The molecule has 2 rings (SSSR count). The van der Waals surface area contributed by atoms with Crippen molar-refractivity contribution in [2.45, 2.75) is 40.2 Å². The molecule has 0 bridgehead atoms. The lowest BCUT2D eigenvalue weighted by atomic mass is 9.92. The van der Waals surface area contributed by atoms with E-state index < -0.39 is 5.97 Å². The monoisotopic (exact) mass is 311 g/mol. The Hall–Kier alpha value is -1.63. The smallest absolute Gasteiger partial charge is 0.347 e. The maximum Gasteiger partial charge on any atom is 0.347 e. The number of nitrogens with one attached hydrogen (secondary N) is 2. The van der Waals surface area contributed by atoms with Gasteiger partial charge >= 0.3 is 12.0 Å². The highest BCUT2D eigenvalue weighted by molar-refractivity contribution is 7.13. The summed E-state index contributed by atoms with van der Waals surface area (Å²) in [5.41, 5.74) is 0.757. The number of carboxylic acids is 1. The molecule has 0 unspecified atom stereocenters. The highest BCUT2D eigenvalue weighted by atomic mass is 32.1. The van der Waals surface area contributed by atoms with Crippen LogP contribution in [0.15, 0.2) is 0 Å². The average Bonchev–Trinajstić information content (AvgIpc) is 3.11. The Bertz CT molecular complexity index is 550. The van der Waals surface area contributed by atoms with Gasteiger partial charge < -0.3 is 15.7 Å². The minimum atomic E-state index is -0.978. The number of urea groups is 1. The van der Waals surface area contributed by atoms with Crippen LogP contribution in [0.3, 0.4) is 0 Å². The number of carboxylic acid groups (broad SMARTS) is 1. The molecular weight excluding hydrogens is 290 g/mol. The molecule has 0 spiro atoms. The molecule has 1 aliphatic carbocycles. The van der Waals surface area contributed by atoms with Gasteiger partial charge in [0.1, 0.15) is 9.88 Å². The molecule has 0 aromatic carbocycles. The van der Waals surface area contributed by atoms with E-state index in [1.54, 1.807) is 6.92 Å². The summed E-state index contributed by atoms with van der Waals surface area (Å²) in [6.07, 6.45) is 2.33. The molecule has 7 heteroatoms. The second kappa shape index (κ2) is 6.01. The minimum Gasteiger partial charge on any atom is -0.477 e. The van der Waals surface area contributed by atoms with Crippen molar-refractivity contribution in [2.75, 3.05) is 6.54 Å². The largest absolute Gasteiger partial charge is 0.477 e. The van der Waals surface area contributed by atoms with Crippen LogP contribution < -0.4 is 10.6 Å². The fourth-order valence-corrected chi connectivity index (χ4v) is 3.16. The standard InChI is InChI=1S/C14H21N3O3S/c1-8(2)14(4-5-14)7-16-13(20)15-6-10-17-9(3)11(21-10)12(18)19/h8H,4-7H2,1-3H3,(H,18,19)(H2,15,16,20). The molecular formula is C14H21N3O3S. The Kier molecular flexibility index (Phi) is 4.51. The fraction of sp³-hybridized carbons (Fsp3) is 0.643. The van der Waals surface area contributed by atoms with Crippen LogP contribution in [0, 0.1) is 18.3 Å². The number of aryl methyl sites for hydroxylation is 1. The molecule has 1 aliphatic rings. The summed E-state index contributed by atoms with van der Waals surface area (Å²) in [6.45, 7) is 6.95. The average molecular weight is 311 g/mol. The number of rotatable bonds is 6. The van der Waals surface area contributed by atoms with Gasteiger partial charge in [0.05, 0.1) is 12.2 Å². The van der Waals surface area contributed by atoms with Crippen molar-refractivity contribution in [1.29, 1.82) is 0 Å². The summed E-state index contributed by atoms with van der Waals surface area (Å²) in [5, 5.41) is 15.2. The summed E-state index contributed by atoms with van der Waals surface area (Å²) in [7, 11) is 0. The van der Waals surface area contributed by atoms with Crippen molar-refractivity contribution in [2.24, 2.45) is 11.3 Å². The molecule has 0 radical (unpaired) electrons. The van der Waals surface area contributed by atoms with E-state index in [9.17, 15) is 9.59 Å². The number of carbonyl (C=O) groups is 2. The van der Waals surface area contributed by atoms with Gasteiger partial charge in [-0.25, -0.2) is 14.6 Å². The van der Waals surface area contributed by atoms with Crippen LogP contribution in [0.4, 0.5) is 4.79 Å². The first-order chi connectivity index (χ1) is 9.84.